The van der Waals surface area contributed by atoms with E-state index in [2.05, 4.69) is 37.0 Å². The lowest BCUT2D eigenvalue weighted by Gasteiger charge is -2.23. The average molecular weight is 581 g/mol. The van der Waals surface area contributed by atoms with Gasteiger partial charge in [-0.25, -0.2) is 10.1 Å². The molecule has 0 bridgehead atoms. The first-order chi connectivity index (χ1) is 18.3. The van der Waals surface area contributed by atoms with Gasteiger partial charge in [0.2, 0.25) is 11.8 Å². The molecule has 1 atom stereocenters. The zero-order valence-corrected chi connectivity index (χ0v) is 22.1. The molecule has 5 N–H and O–H groups in total. The van der Waals surface area contributed by atoms with Crippen LogP contribution in [0.5, 0.6) is 0 Å². The number of hydrogen-bond donors (Lipinski definition) is 4. The van der Waals surface area contributed by atoms with Crippen LogP contribution in [-0.2, 0) is 16.1 Å². The standard InChI is InChI=1S/C27H29BrN6O4/c28-22-15-13-19(14-16-22)18-31-25(35)23(12-7-17-30-27(29)33-34(37)38)32-26(36)24(20-8-3-1-4-9-20)21-10-5-2-6-11-21/h1-6,8-11,13-16,23-24H,7,12,17-18H2,(H,31,35)(H,32,36)(H3,29,30,33)/t23-/m1/s1. The number of guanidine groups is 1. The second kappa shape index (κ2) is 14.5. The van der Waals surface area contributed by atoms with E-state index in [4.69, 9.17) is 5.73 Å². The summed E-state index contributed by atoms with van der Waals surface area (Å²) in [5.74, 6) is -1.59. The summed E-state index contributed by atoms with van der Waals surface area (Å²) in [5, 5.41) is 21.0. The van der Waals surface area contributed by atoms with Crippen LogP contribution < -0.4 is 21.7 Å². The summed E-state index contributed by atoms with van der Waals surface area (Å²) >= 11 is 3.39. The van der Waals surface area contributed by atoms with Gasteiger partial charge in [0.05, 0.1) is 5.92 Å². The molecule has 0 aliphatic carbocycles. The van der Waals surface area contributed by atoms with Crippen molar-refractivity contribution in [2.75, 3.05) is 6.54 Å². The zero-order valence-electron chi connectivity index (χ0n) is 20.5. The van der Waals surface area contributed by atoms with Crippen molar-refractivity contribution in [3.05, 3.63) is 116 Å². The maximum absolute atomic E-state index is 13.6. The Morgan fingerprint density at radius 3 is 2.03 bits per heavy atom. The number of benzene rings is 3. The number of halogens is 1. The van der Waals surface area contributed by atoms with Gasteiger partial charge < -0.3 is 21.7 Å². The predicted octanol–water partition coefficient (Wildman–Crippen LogP) is 3.26. The van der Waals surface area contributed by atoms with Crippen LogP contribution in [0.3, 0.4) is 0 Å². The second-order valence-electron chi connectivity index (χ2n) is 8.45. The van der Waals surface area contributed by atoms with Gasteiger partial charge in [-0.15, -0.1) is 0 Å². The van der Waals surface area contributed by atoms with E-state index < -0.39 is 17.0 Å². The summed E-state index contributed by atoms with van der Waals surface area (Å²) in [6.07, 6.45) is 0.666. The third-order valence-corrected chi connectivity index (χ3v) is 6.23. The van der Waals surface area contributed by atoms with Gasteiger partial charge in [0.15, 0.2) is 5.03 Å². The number of amides is 2. The van der Waals surface area contributed by atoms with Crippen LogP contribution in [0.1, 0.15) is 35.4 Å². The van der Waals surface area contributed by atoms with E-state index in [9.17, 15) is 19.7 Å². The molecule has 198 valence electrons. The summed E-state index contributed by atoms with van der Waals surface area (Å²) < 4.78 is 0.929. The van der Waals surface area contributed by atoms with E-state index in [1.807, 2.05) is 84.9 Å². The van der Waals surface area contributed by atoms with Crippen LogP contribution in [0, 0.1) is 10.1 Å². The molecule has 3 aromatic rings. The molecule has 0 radical (unpaired) electrons. The highest BCUT2D eigenvalue weighted by molar-refractivity contribution is 9.10. The van der Waals surface area contributed by atoms with Gasteiger partial charge in [0.25, 0.3) is 5.96 Å². The van der Waals surface area contributed by atoms with Gasteiger partial charge in [0, 0.05) is 17.6 Å². The number of hydrogen-bond acceptors (Lipinski definition) is 4. The minimum Gasteiger partial charge on any atom is -0.365 e. The van der Waals surface area contributed by atoms with Gasteiger partial charge in [-0.3, -0.25) is 9.59 Å². The quantitative estimate of drug-likeness (QED) is 0.0848. The molecule has 3 aromatic carbocycles. The first-order valence-electron chi connectivity index (χ1n) is 12.0. The molecule has 0 heterocycles. The smallest absolute Gasteiger partial charge is 0.266 e. The monoisotopic (exact) mass is 580 g/mol. The minimum atomic E-state index is -0.895. The zero-order chi connectivity index (χ0) is 27.3. The molecule has 0 spiro atoms. The molecule has 0 aliphatic rings. The number of hydrazone groups is 1. The van der Waals surface area contributed by atoms with E-state index in [0.717, 1.165) is 21.2 Å². The van der Waals surface area contributed by atoms with Gasteiger partial charge in [-0.05, 0) is 41.7 Å². The second-order valence-corrected chi connectivity index (χ2v) is 9.37. The lowest BCUT2D eigenvalue weighted by atomic mass is 9.90. The van der Waals surface area contributed by atoms with Crippen LogP contribution >= 0.6 is 15.9 Å². The molecule has 2 amide bonds. The Hall–Kier alpha value is -4.25. The van der Waals surface area contributed by atoms with Crippen molar-refractivity contribution < 1.29 is 14.6 Å². The maximum atomic E-state index is 13.6. The molecule has 0 aliphatic heterocycles. The fourth-order valence-electron chi connectivity index (χ4n) is 3.87. The van der Waals surface area contributed by atoms with E-state index in [1.165, 1.54) is 0 Å². The number of carbonyl (C=O) groups is 2. The van der Waals surface area contributed by atoms with E-state index >= 15 is 0 Å². The highest BCUT2D eigenvalue weighted by Crippen LogP contribution is 2.25. The number of nitro groups is 1. The van der Waals surface area contributed by atoms with E-state index in [0.29, 0.717) is 13.0 Å². The molecule has 38 heavy (non-hydrogen) atoms. The number of nitrogens with one attached hydrogen (secondary N) is 3. The molecule has 11 heteroatoms. The van der Waals surface area contributed by atoms with Crippen molar-refractivity contribution in [3.63, 3.8) is 0 Å². The van der Waals surface area contributed by atoms with E-state index in [1.54, 1.807) is 0 Å². The average Bonchev–Trinajstić information content (AvgIpc) is 2.91. The molecule has 0 unspecified atom stereocenters. The van der Waals surface area contributed by atoms with Crippen LogP contribution in [0.25, 0.3) is 0 Å². The summed E-state index contributed by atoms with van der Waals surface area (Å²) in [5.41, 5.74) is 7.98. The van der Waals surface area contributed by atoms with Crippen molar-refractivity contribution in [1.82, 2.24) is 16.0 Å². The number of rotatable bonds is 12. The minimum absolute atomic E-state index is 0.232. The van der Waals surface area contributed by atoms with Crippen molar-refractivity contribution in [1.29, 1.82) is 0 Å². The molecular formula is C27H29BrN6O4. The third kappa shape index (κ3) is 9.00. The van der Waals surface area contributed by atoms with Gasteiger partial charge in [0.1, 0.15) is 11.1 Å². The van der Waals surface area contributed by atoms with Crippen molar-refractivity contribution in [2.45, 2.75) is 31.3 Å². The summed E-state index contributed by atoms with van der Waals surface area (Å²) in [4.78, 5) is 37.3. The number of carbonyl (C=O) groups excluding carboxylic acids is 2. The lowest BCUT2D eigenvalue weighted by molar-refractivity contribution is -0.485. The summed E-state index contributed by atoms with van der Waals surface area (Å²) in [6.45, 7) is 0.524. The molecule has 0 fully saturated rings. The largest absolute Gasteiger partial charge is 0.365 e. The van der Waals surface area contributed by atoms with Gasteiger partial charge in [-0.1, -0.05) is 88.7 Å². The van der Waals surface area contributed by atoms with E-state index in [-0.39, 0.29) is 30.7 Å². The normalized spacial score (nSPS) is 12.0. The first kappa shape index (κ1) is 28.3. The van der Waals surface area contributed by atoms with Gasteiger partial charge in [-0.2, -0.15) is 0 Å². The van der Waals surface area contributed by atoms with Crippen molar-refractivity contribution >= 4 is 33.7 Å². The van der Waals surface area contributed by atoms with Crippen LogP contribution in [-0.4, -0.2) is 35.4 Å². The molecule has 0 saturated carbocycles. The van der Waals surface area contributed by atoms with Crippen LogP contribution in [0.2, 0.25) is 0 Å². The van der Waals surface area contributed by atoms with Crippen LogP contribution in [0.4, 0.5) is 0 Å². The fourth-order valence-corrected chi connectivity index (χ4v) is 4.13. The van der Waals surface area contributed by atoms with Gasteiger partial charge >= 0.3 is 0 Å². The maximum Gasteiger partial charge on any atom is 0.266 e. The Morgan fingerprint density at radius 2 is 1.47 bits per heavy atom. The fraction of sp³-hybridized carbons (Fsp3) is 0.222. The Kier molecular flexibility index (Phi) is 10.8. The topological polar surface area (TPSA) is 152 Å². The first-order valence-corrected chi connectivity index (χ1v) is 12.8. The molecular weight excluding hydrogens is 552 g/mol. The summed E-state index contributed by atoms with van der Waals surface area (Å²) in [6, 6.07) is 25.4. The molecule has 0 aromatic heterocycles. The molecule has 10 nitrogen and oxygen atoms in total. The summed E-state index contributed by atoms with van der Waals surface area (Å²) in [7, 11) is 0. The Labute approximate surface area is 229 Å². The Morgan fingerprint density at radius 1 is 0.895 bits per heavy atom. The number of nitrogens with zero attached hydrogens (tertiary/aromatic N) is 2. The Balaban J connectivity index is 1.74. The highest BCUT2D eigenvalue weighted by atomic mass is 79.9. The molecule has 0 saturated heterocycles. The van der Waals surface area contributed by atoms with Crippen molar-refractivity contribution in [3.8, 4) is 0 Å². The Bertz CT molecular complexity index is 1200. The lowest BCUT2D eigenvalue weighted by Crippen LogP contribution is -2.48. The number of nitrogens with two attached hydrogens (primary N) is 1. The third-order valence-electron chi connectivity index (χ3n) is 5.71. The highest BCUT2D eigenvalue weighted by Gasteiger charge is 2.27. The predicted molar refractivity (Wildman–Crippen MR) is 148 cm³/mol. The molecule has 3 rings (SSSR count). The SMILES string of the molecule is N/C(=N/[N+](=O)[O-])NCCC[C@@H](NC(=O)C(c1ccccc1)c1ccccc1)C(=O)NCc1ccc(Br)cc1. The van der Waals surface area contributed by atoms with Crippen molar-refractivity contribution in [2.24, 2.45) is 10.8 Å². The van der Waals surface area contributed by atoms with Crippen LogP contribution in [0.15, 0.2) is 94.5 Å².